The van der Waals surface area contributed by atoms with E-state index in [1.54, 1.807) is 13.0 Å². The Labute approximate surface area is 148 Å². The van der Waals surface area contributed by atoms with Gasteiger partial charge in [0.1, 0.15) is 23.1 Å². The van der Waals surface area contributed by atoms with Crippen LogP contribution in [0.3, 0.4) is 0 Å². The van der Waals surface area contributed by atoms with Crippen LogP contribution in [-0.2, 0) is 9.59 Å². The number of hydrogen-bond acceptors (Lipinski definition) is 6. The average molecular weight is 356 g/mol. The number of carbonyl (C=O) groups is 3. The summed E-state index contributed by atoms with van der Waals surface area (Å²) in [6.45, 7) is 1.75. The van der Waals surface area contributed by atoms with E-state index in [0.717, 1.165) is 17.0 Å². The van der Waals surface area contributed by atoms with Crippen LogP contribution >= 0.6 is 0 Å². The summed E-state index contributed by atoms with van der Waals surface area (Å²) in [6, 6.07) is 7.32. The molecule has 1 atom stereocenters. The number of carboxylic acids is 1. The largest absolute Gasteiger partial charge is 0.508 e. The zero-order valence-corrected chi connectivity index (χ0v) is 13.8. The fourth-order valence-electron chi connectivity index (χ4n) is 2.85. The lowest BCUT2D eigenvalue weighted by Gasteiger charge is -2.17. The molecule has 2 aromatic rings. The number of amides is 2. The molecule has 0 aromatic heterocycles. The Morgan fingerprint density at radius 2 is 1.88 bits per heavy atom. The van der Waals surface area contributed by atoms with Gasteiger partial charge in [-0.3, -0.25) is 9.59 Å². The number of carboxylic acid groups (broad SMARTS) is 1. The van der Waals surface area contributed by atoms with Crippen LogP contribution < -0.4 is 10.2 Å². The molecule has 1 fully saturated rings. The Kier molecular flexibility index (Phi) is 4.25. The van der Waals surface area contributed by atoms with Crippen LogP contribution in [0.4, 0.5) is 11.4 Å². The number of rotatable bonds is 4. The number of carbonyl (C=O) groups excluding carboxylic acids is 2. The van der Waals surface area contributed by atoms with E-state index in [0.29, 0.717) is 11.3 Å². The number of imide groups is 1. The number of nitrogens with zero attached hydrogens (tertiary/aromatic N) is 1. The number of aryl methyl sites for hydroxylation is 1. The molecule has 3 rings (SSSR count). The SMILES string of the molecule is Cc1cc(O)ccc1NC1CC(=O)N(c2ccc(C(=O)O)c(O)c2)C1=O. The Morgan fingerprint density at radius 3 is 2.50 bits per heavy atom. The molecule has 8 heteroatoms. The summed E-state index contributed by atoms with van der Waals surface area (Å²) in [7, 11) is 0. The summed E-state index contributed by atoms with van der Waals surface area (Å²) in [5.74, 6) is -2.72. The first-order valence-electron chi connectivity index (χ1n) is 7.77. The topological polar surface area (TPSA) is 127 Å². The molecule has 0 spiro atoms. The van der Waals surface area contributed by atoms with Crippen molar-refractivity contribution in [3.8, 4) is 11.5 Å². The van der Waals surface area contributed by atoms with Gasteiger partial charge in [0.15, 0.2) is 0 Å². The number of aromatic carboxylic acids is 1. The summed E-state index contributed by atoms with van der Waals surface area (Å²) >= 11 is 0. The van der Waals surface area contributed by atoms with Crippen molar-refractivity contribution in [1.29, 1.82) is 0 Å². The number of phenolic OH excluding ortho intramolecular Hbond substituents is 1. The maximum atomic E-state index is 12.6. The highest BCUT2D eigenvalue weighted by atomic mass is 16.4. The molecular weight excluding hydrogens is 340 g/mol. The summed E-state index contributed by atoms with van der Waals surface area (Å²) in [5, 5.41) is 31.2. The van der Waals surface area contributed by atoms with Gasteiger partial charge in [-0.2, -0.15) is 0 Å². The quantitative estimate of drug-likeness (QED) is 0.486. The normalized spacial score (nSPS) is 16.8. The van der Waals surface area contributed by atoms with Crippen molar-refractivity contribution in [2.24, 2.45) is 0 Å². The van der Waals surface area contributed by atoms with Gasteiger partial charge in [0, 0.05) is 11.8 Å². The second-order valence-corrected chi connectivity index (χ2v) is 5.97. The number of aromatic hydroxyl groups is 2. The van der Waals surface area contributed by atoms with Crippen molar-refractivity contribution in [2.75, 3.05) is 10.2 Å². The molecule has 1 unspecified atom stereocenters. The van der Waals surface area contributed by atoms with Crippen LogP contribution in [0.1, 0.15) is 22.3 Å². The predicted molar refractivity (Wildman–Crippen MR) is 92.4 cm³/mol. The van der Waals surface area contributed by atoms with E-state index in [1.807, 2.05) is 0 Å². The summed E-state index contributed by atoms with van der Waals surface area (Å²) in [4.78, 5) is 36.8. The first kappa shape index (κ1) is 17.3. The van der Waals surface area contributed by atoms with Gasteiger partial charge in [0.05, 0.1) is 12.1 Å². The van der Waals surface area contributed by atoms with Gasteiger partial charge in [-0.05, 0) is 42.8 Å². The van der Waals surface area contributed by atoms with Gasteiger partial charge < -0.3 is 20.6 Å². The van der Waals surface area contributed by atoms with Crippen molar-refractivity contribution >= 4 is 29.2 Å². The van der Waals surface area contributed by atoms with E-state index in [4.69, 9.17) is 5.11 Å². The Hall–Kier alpha value is -3.55. The molecule has 2 aromatic carbocycles. The second kappa shape index (κ2) is 6.40. The Balaban J connectivity index is 1.85. The zero-order chi connectivity index (χ0) is 19.0. The third-order valence-electron chi connectivity index (χ3n) is 4.16. The van der Waals surface area contributed by atoms with Gasteiger partial charge in [0.2, 0.25) is 5.91 Å². The van der Waals surface area contributed by atoms with Crippen LogP contribution in [0.15, 0.2) is 36.4 Å². The molecule has 0 bridgehead atoms. The number of benzene rings is 2. The number of nitrogens with one attached hydrogen (secondary N) is 1. The third-order valence-corrected chi connectivity index (χ3v) is 4.16. The molecule has 1 aliphatic rings. The minimum absolute atomic E-state index is 0.0827. The van der Waals surface area contributed by atoms with Crippen molar-refractivity contribution < 1.29 is 29.7 Å². The van der Waals surface area contributed by atoms with Gasteiger partial charge in [-0.1, -0.05) is 0 Å². The van der Waals surface area contributed by atoms with Gasteiger partial charge in [-0.15, -0.1) is 0 Å². The summed E-state index contributed by atoms with van der Waals surface area (Å²) in [5.41, 5.74) is 1.11. The molecule has 8 nitrogen and oxygen atoms in total. The maximum absolute atomic E-state index is 12.6. The first-order valence-corrected chi connectivity index (χ1v) is 7.77. The Bertz CT molecular complexity index is 924. The second-order valence-electron chi connectivity index (χ2n) is 5.97. The third kappa shape index (κ3) is 3.04. The predicted octanol–water partition coefficient (Wildman–Crippen LogP) is 1.85. The van der Waals surface area contributed by atoms with Gasteiger partial charge in [0.25, 0.3) is 5.91 Å². The van der Waals surface area contributed by atoms with Crippen molar-refractivity contribution in [1.82, 2.24) is 0 Å². The van der Waals surface area contributed by atoms with Gasteiger partial charge >= 0.3 is 5.97 Å². The van der Waals surface area contributed by atoms with Crippen LogP contribution in [-0.4, -0.2) is 39.1 Å². The minimum atomic E-state index is -1.31. The van der Waals surface area contributed by atoms with Crippen molar-refractivity contribution in [2.45, 2.75) is 19.4 Å². The zero-order valence-electron chi connectivity index (χ0n) is 13.8. The number of anilines is 2. The lowest BCUT2D eigenvalue weighted by Crippen LogP contribution is -2.34. The molecule has 0 aliphatic carbocycles. The van der Waals surface area contributed by atoms with E-state index in [1.165, 1.54) is 18.2 Å². The van der Waals surface area contributed by atoms with E-state index in [2.05, 4.69) is 5.32 Å². The van der Waals surface area contributed by atoms with Crippen LogP contribution in [0.25, 0.3) is 0 Å². The molecule has 1 heterocycles. The smallest absolute Gasteiger partial charge is 0.339 e. The van der Waals surface area contributed by atoms with E-state index in [9.17, 15) is 24.6 Å². The fourth-order valence-corrected chi connectivity index (χ4v) is 2.85. The van der Waals surface area contributed by atoms with Gasteiger partial charge in [-0.25, -0.2) is 9.69 Å². The minimum Gasteiger partial charge on any atom is -0.508 e. The summed E-state index contributed by atoms with van der Waals surface area (Å²) < 4.78 is 0. The molecule has 2 amide bonds. The number of phenols is 2. The lowest BCUT2D eigenvalue weighted by atomic mass is 10.1. The highest BCUT2D eigenvalue weighted by molar-refractivity contribution is 6.23. The van der Waals surface area contributed by atoms with Crippen LogP contribution in [0, 0.1) is 6.92 Å². The summed E-state index contributed by atoms with van der Waals surface area (Å²) in [6.07, 6.45) is -0.0827. The molecule has 26 heavy (non-hydrogen) atoms. The van der Waals surface area contributed by atoms with Crippen molar-refractivity contribution in [3.05, 3.63) is 47.5 Å². The molecular formula is C18H16N2O6. The average Bonchev–Trinajstić information content (AvgIpc) is 2.83. The van der Waals surface area contributed by atoms with Crippen LogP contribution in [0.2, 0.25) is 0 Å². The molecule has 4 N–H and O–H groups in total. The molecule has 0 saturated carbocycles. The highest BCUT2D eigenvalue weighted by Gasteiger charge is 2.40. The highest BCUT2D eigenvalue weighted by Crippen LogP contribution is 2.30. The van der Waals surface area contributed by atoms with E-state index >= 15 is 0 Å². The molecule has 1 aliphatic heterocycles. The van der Waals surface area contributed by atoms with E-state index in [-0.39, 0.29) is 23.4 Å². The monoisotopic (exact) mass is 356 g/mol. The lowest BCUT2D eigenvalue weighted by molar-refractivity contribution is -0.121. The Morgan fingerprint density at radius 1 is 1.15 bits per heavy atom. The standard InChI is InChI=1S/C18H16N2O6/c1-9-6-11(21)3-5-13(9)19-14-8-16(23)20(17(14)24)10-2-4-12(18(25)26)15(22)7-10/h2-7,14,19,21-22H,8H2,1H3,(H,25,26). The first-order chi connectivity index (χ1) is 12.3. The molecule has 0 radical (unpaired) electrons. The molecule has 134 valence electrons. The maximum Gasteiger partial charge on any atom is 0.339 e. The fraction of sp³-hybridized carbons (Fsp3) is 0.167. The number of hydrogen-bond donors (Lipinski definition) is 4. The molecule has 1 saturated heterocycles. The van der Waals surface area contributed by atoms with Crippen LogP contribution in [0.5, 0.6) is 11.5 Å². The van der Waals surface area contributed by atoms with Crippen molar-refractivity contribution in [3.63, 3.8) is 0 Å². The van der Waals surface area contributed by atoms with E-state index < -0.39 is 29.6 Å².